The highest BCUT2D eigenvalue weighted by Crippen LogP contribution is 2.30. The minimum Gasteiger partial charge on any atom is -0.493 e. The molecule has 0 aliphatic carbocycles. The van der Waals surface area contributed by atoms with E-state index in [2.05, 4.69) is 0 Å². The fourth-order valence-corrected chi connectivity index (χ4v) is 1.20. The molecular weight excluding hydrogens is 199 g/mol. The molecule has 3 nitrogen and oxygen atoms in total. The summed E-state index contributed by atoms with van der Waals surface area (Å²) in [4.78, 5) is 0. The Morgan fingerprint density at radius 3 is 2.47 bits per heavy atom. The molecule has 1 aromatic carbocycles. The van der Waals surface area contributed by atoms with E-state index in [-0.39, 0.29) is 18.3 Å². The zero-order valence-electron chi connectivity index (χ0n) is 9.08. The van der Waals surface area contributed by atoms with Crippen molar-refractivity contribution in [3.8, 4) is 11.5 Å². The van der Waals surface area contributed by atoms with Gasteiger partial charge < -0.3 is 14.6 Å². The monoisotopic (exact) mass is 214 g/mol. The first-order valence-corrected chi connectivity index (χ1v) is 4.72. The van der Waals surface area contributed by atoms with Crippen molar-refractivity contribution in [3.63, 3.8) is 0 Å². The number of hydrogen-bond acceptors (Lipinski definition) is 3. The predicted molar refractivity (Wildman–Crippen MR) is 54.6 cm³/mol. The van der Waals surface area contributed by atoms with Crippen molar-refractivity contribution in [2.75, 3.05) is 7.11 Å². The summed E-state index contributed by atoms with van der Waals surface area (Å²) < 4.78 is 23.7. The number of methoxy groups -OCH3 is 1. The summed E-state index contributed by atoms with van der Waals surface area (Å²) in [7, 11) is 1.47. The number of ether oxygens (including phenoxy) is 2. The Morgan fingerprint density at radius 2 is 2.00 bits per heavy atom. The zero-order chi connectivity index (χ0) is 11.4. The maximum absolute atomic E-state index is 13.3. The van der Waals surface area contributed by atoms with Crippen LogP contribution in [0.3, 0.4) is 0 Å². The number of hydrogen-bond donors (Lipinski definition) is 1. The maximum atomic E-state index is 13.3. The number of halogens is 1. The van der Waals surface area contributed by atoms with Gasteiger partial charge in [-0.25, -0.2) is 4.39 Å². The predicted octanol–water partition coefficient (Wildman–Crippen LogP) is 2.11. The summed E-state index contributed by atoms with van der Waals surface area (Å²) in [5.74, 6) is 0.283. The highest BCUT2D eigenvalue weighted by molar-refractivity contribution is 5.43. The molecule has 1 rings (SSSR count). The van der Waals surface area contributed by atoms with Crippen molar-refractivity contribution < 1.29 is 19.0 Å². The minimum absolute atomic E-state index is 0.0572. The van der Waals surface area contributed by atoms with Crippen LogP contribution >= 0.6 is 0 Å². The van der Waals surface area contributed by atoms with E-state index in [0.29, 0.717) is 11.5 Å². The Morgan fingerprint density at radius 1 is 1.33 bits per heavy atom. The first-order valence-electron chi connectivity index (χ1n) is 4.72. The quantitative estimate of drug-likeness (QED) is 0.834. The normalized spacial score (nSPS) is 10.5. The second-order valence-corrected chi connectivity index (χ2v) is 3.42. The third-order valence-corrected chi connectivity index (χ3v) is 1.87. The SMILES string of the molecule is COc1cc(CO)c(F)cc1OC(C)C. The third-order valence-electron chi connectivity index (χ3n) is 1.87. The Labute approximate surface area is 88.4 Å². The average Bonchev–Trinajstić information content (AvgIpc) is 2.17. The van der Waals surface area contributed by atoms with Gasteiger partial charge in [-0.15, -0.1) is 0 Å². The summed E-state index contributed by atoms with van der Waals surface area (Å²) in [6.07, 6.45) is -0.0572. The molecule has 4 heteroatoms. The first-order chi connectivity index (χ1) is 7.08. The van der Waals surface area contributed by atoms with Crippen LogP contribution in [0.2, 0.25) is 0 Å². The summed E-state index contributed by atoms with van der Waals surface area (Å²) >= 11 is 0. The van der Waals surface area contributed by atoms with Gasteiger partial charge in [0.1, 0.15) is 5.82 Å². The molecule has 0 aliphatic rings. The average molecular weight is 214 g/mol. The van der Waals surface area contributed by atoms with E-state index in [4.69, 9.17) is 14.6 Å². The molecular formula is C11H15FO3. The molecule has 0 spiro atoms. The highest BCUT2D eigenvalue weighted by atomic mass is 19.1. The van der Waals surface area contributed by atoms with Crippen molar-refractivity contribution in [2.24, 2.45) is 0 Å². The standard InChI is InChI=1S/C11H15FO3/c1-7(2)15-11-5-9(12)8(6-13)4-10(11)14-3/h4-5,7,13H,6H2,1-3H3. The number of rotatable bonds is 4. The van der Waals surface area contributed by atoms with Crippen molar-refractivity contribution in [3.05, 3.63) is 23.5 Å². The Kier molecular flexibility index (Phi) is 3.91. The van der Waals surface area contributed by atoms with Gasteiger partial charge in [-0.1, -0.05) is 0 Å². The lowest BCUT2D eigenvalue weighted by molar-refractivity contribution is 0.227. The lowest BCUT2D eigenvalue weighted by Crippen LogP contribution is -2.07. The van der Waals surface area contributed by atoms with Crippen LogP contribution < -0.4 is 9.47 Å². The Bertz CT molecular complexity index is 337. The number of benzene rings is 1. The van der Waals surface area contributed by atoms with E-state index in [9.17, 15) is 4.39 Å². The topological polar surface area (TPSA) is 38.7 Å². The maximum Gasteiger partial charge on any atom is 0.164 e. The van der Waals surface area contributed by atoms with Crippen LogP contribution in [-0.2, 0) is 6.61 Å². The van der Waals surface area contributed by atoms with E-state index in [1.165, 1.54) is 19.2 Å². The molecule has 0 radical (unpaired) electrons. The van der Waals surface area contributed by atoms with E-state index >= 15 is 0 Å². The van der Waals surface area contributed by atoms with Gasteiger partial charge in [0.2, 0.25) is 0 Å². The fourth-order valence-electron chi connectivity index (χ4n) is 1.20. The van der Waals surface area contributed by atoms with Crippen LogP contribution in [0.25, 0.3) is 0 Å². The van der Waals surface area contributed by atoms with Crippen LogP contribution in [-0.4, -0.2) is 18.3 Å². The van der Waals surface area contributed by atoms with Gasteiger partial charge in [0.15, 0.2) is 11.5 Å². The molecule has 84 valence electrons. The van der Waals surface area contributed by atoms with Gasteiger partial charge in [0, 0.05) is 11.6 Å². The fraction of sp³-hybridized carbons (Fsp3) is 0.455. The van der Waals surface area contributed by atoms with E-state index < -0.39 is 5.82 Å². The van der Waals surface area contributed by atoms with Crippen LogP contribution in [0.4, 0.5) is 4.39 Å². The molecule has 0 bridgehead atoms. The van der Waals surface area contributed by atoms with Crippen molar-refractivity contribution >= 4 is 0 Å². The molecule has 0 heterocycles. The van der Waals surface area contributed by atoms with Crippen molar-refractivity contribution in [1.82, 2.24) is 0 Å². The molecule has 0 amide bonds. The molecule has 1 aromatic rings. The summed E-state index contributed by atoms with van der Waals surface area (Å²) in [6, 6.07) is 2.66. The van der Waals surface area contributed by atoms with E-state index in [0.717, 1.165) is 0 Å². The van der Waals surface area contributed by atoms with Crippen LogP contribution in [0.1, 0.15) is 19.4 Å². The second kappa shape index (κ2) is 4.98. The molecule has 0 saturated heterocycles. The summed E-state index contributed by atoms with van der Waals surface area (Å²) in [5, 5.41) is 8.87. The molecule has 0 aromatic heterocycles. The van der Waals surface area contributed by atoms with Crippen molar-refractivity contribution in [2.45, 2.75) is 26.6 Å². The molecule has 15 heavy (non-hydrogen) atoms. The largest absolute Gasteiger partial charge is 0.493 e. The van der Waals surface area contributed by atoms with Crippen LogP contribution in [0.5, 0.6) is 11.5 Å². The lowest BCUT2D eigenvalue weighted by atomic mass is 10.2. The van der Waals surface area contributed by atoms with Crippen LogP contribution in [0.15, 0.2) is 12.1 Å². The summed E-state index contributed by atoms with van der Waals surface area (Å²) in [6.45, 7) is 3.33. The molecule has 0 unspecified atom stereocenters. The van der Waals surface area contributed by atoms with Gasteiger partial charge in [-0.3, -0.25) is 0 Å². The van der Waals surface area contributed by atoms with Gasteiger partial charge in [0.25, 0.3) is 0 Å². The van der Waals surface area contributed by atoms with Gasteiger partial charge in [0.05, 0.1) is 19.8 Å². The second-order valence-electron chi connectivity index (χ2n) is 3.42. The first kappa shape index (κ1) is 11.8. The lowest BCUT2D eigenvalue weighted by Gasteiger charge is -2.14. The molecule has 0 atom stereocenters. The van der Waals surface area contributed by atoms with E-state index in [1.54, 1.807) is 0 Å². The van der Waals surface area contributed by atoms with E-state index in [1.807, 2.05) is 13.8 Å². The number of aliphatic hydroxyl groups excluding tert-OH is 1. The van der Waals surface area contributed by atoms with Gasteiger partial charge in [-0.2, -0.15) is 0 Å². The third kappa shape index (κ3) is 2.83. The van der Waals surface area contributed by atoms with Gasteiger partial charge in [-0.05, 0) is 19.9 Å². The molecule has 1 N–H and O–H groups in total. The zero-order valence-corrected chi connectivity index (χ0v) is 9.08. The molecule has 0 aliphatic heterocycles. The van der Waals surface area contributed by atoms with Crippen LogP contribution in [0, 0.1) is 5.82 Å². The number of aliphatic hydroxyl groups is 1. The highest BCUT2D eigenvalue weighted by Gasteiger charge is 2.11. The van der Waals surface area contributed by atoms with Gasteiger partial charge >= 0.3 is 0 Å². The Hall–Kier alpha value is -1.29. The molecule has 0 fully saturated rings. The smallest absolute Gasteiger partial charge is 0.164 e. The van der Waals surface area contributed by atoms with Crippen molar-refractivity contribution in [1.29, 1.82) is 0 Å². The molecule has 0 saturated carbocycles. The summed E-state index contributed by atoms with van der Waals surface area (Å²) in [5.41, 5.74) is 0.197. The Balaban J connectivity index is 3.09. The minimum atomic E-state index is -0.492.